The zero-order chi connectivity index (χ0) is 31.3. The molecule has 0 saturated carbocycles. The van der Waals surface area contributed by atoms with Crippen molar-refractivity contribution in [1.82, 2.24) is 19.4 Å². The molecule has 0 aliphatic carbocycles. The number of benzene rings is 1. The largest absolute Gasteiger partial charge is 0.393 e. The highest BCUT2D eigenvalue weighted by atomic mass is 32.1. The molecule has 3 aromatic heterocycles. The van der Waals surface area contributed by atoms with Crippen LogP contribution in [0.5, 0.6) is 0 Å². The second kappa shape index (κ2) is 11.8. The van der Waals surface area contributed by atoms with Crippen molar-refractivity contribution in [2.45, 2.75) is 58.3 Å². The SMILES string of the molecule is CNc1nc(N2CCC3(CCN(Cc4ccc5c(cc(C#N)n5CC5CCOCC5)c4C)C3)C2)c2cc(CC(F)(F)F)sc2n1. The standard InChI is InChI=1S/C33H38F3N7OS/c1-21-23(3-4-28-26(21)13-24(16-37)43(28)17-22-5-11-44-12-6-22)18-41-9-7-32(19-41)8-10-42(20-32)29-27-14-25(15-33(34,35)36)45-30(27)40-31(38-2)39-29/h3-4,13-14,22H,5-12,15,17-20H2,1-2H3,(H,38,39,40). The number of aromatic nitrogens is 3. The summed E-state index contributed by atoms with van der Waals surface area (Å²) in [5.41, 5.74) is 4.49. The second-order valence-corrected chi connectivity index (χ2v) is 14.2. The summed E-state index contributed by atoms with van der Waals surface area (Å²) >= 11 is 1.10. The van der Waals surface area contributed by atoms with Crippen LogP contribution < -0.4 is 10.2 Å². The number of ether oxygens (including phenoxy) is 1. The molecule has 238 valence electrons. The van der Waals surface area contributed by atoms with Crippen molar-refractivity contribution >= 4 is 44.2 Å². The van der Waals surface area contributed by atoms with Gasteiger partial charge in [-0.25, -0.2) is 4.98 Å². The van der Waals surface area contributed by atoms with Gasteiger partial charge in [0, 0.05) is 74.2 Å². The number of nitriles is 1. The molecule has 1 unspecified atom stereocenters. The number of rotatable bonds is 7. The Labute approximate surface area is 264 Å². The third-order valence-electron chi connectivity index (χ3n) is 10.0. The van der Waals surface area contributed by atoms with Crippen LogP contribution in [-0.4, -0.2) is 72.1 Å². The van der Waals surface area contributed by atoms with Crippen LogP contribution in [0.1, 0.15) is 47.4 Å². The maximum absolute atomic E-state index is 13.2. The van der Waals surface area contributed by atoms with Crippen molar-refractivity contribution in [3.8, 4) is 6.07 Å². The first-order chi connectivity index (χ1) is 21.6. The van der Waals surface area contributed by atoms with Gasteiger partial charge in [-0.05, 0) is 74.4 Å². The van der Waals surface area contributed by atoms with Gasteiger partial charge in [-0.2, -0.15) is 23.4 Å². The molecule has 0 bridgehead atoms. The van der Waals surface area contributed by atoms with Crippen molar-refractivity contribution in [3.05, 3.63) is 46.0 Å². The Morgan fingerprint density at radius 1 is 1.11 bits per heavy atom. The predicted octanol–water partition coefficient (Wildman–Crippen LogP) is 6.50. The molecule has 1 atom stereocenters. The van der Waals surface area contributed by atoms with Crippen molar-refractivity contribution in [3.63, 3.8) is 0 Å². The number of nitrogens with one attached hydrogen (secondary N) is 1. The number of likely N-dealkylation sites (tertiary alicyclic amines) is 1. The molecule has 8 nitrogen and oxygen atoms in total. The van der Waals surface area contributed by atoms with Gasteiger partial charge in [-0.15, -0.1) is 11.3 Å². The molecular weight excluding hydrogens is 599 g/mol. The Morgan fingerprint density at radius 2 is 1.91 bits per heavy atom. The van der Waals surface area contributed by atoms with Crippen LogP contribution in [0.3, 0.4) is 0 Å². The van der Waals surface area contributed by atoms with E-state index in [1.807, 2.05) is 0 Å². The number of halogens is 3. The third-order valence-corrected chi connectivity index (χ3v) is 11.1. The Bertz CT molecular complexity index is 1770. The highest BCUT2D eigenvalue weighted by Crippen LogP contribution is 2.44. The lowest BCUT2D eigenvalue weighted by Gasteiger charge is -2.26. The van der Waals surface area contributed by atoms with Gasteiger partial charge in [0.25, 0.3) is 0 Å². The number of aryl methyl sites for hydroxylation is 1. The summed E-state index contributed by atoms with van der Waals surface area (Å²) in [6, 6.07) is 10.5. The van der Waals surface area contributed by atoms with Gasteiger partial charge in [0.05, 0.1) is 11.8 Å². The monoisotopic (exact) mass is 637 g/mol. The highest BCUT2D eigenvalue weighted by Gasteiger charge is 2.44. The van der Waals surface area contributed by atoms with Gasteiger partial charge in [0.2, 0.25) is 5.95 Å². The molecule has 3 aliphatic heterocycles. The Balaban J connectivity index is 1.08. The maximum Gasteiger partial charge on any atom is 0.393 e. The fraction of sp³-hybridized carbons (Fsp3) is 0.545. The van der Waals surface area contributed by atoms with Crippen LogP contribution in [0.2, 0.25) is 0 Å². The average Bonchev–Trinajstić information content (AvgIpc) is 3.80. The maximum atomic E-state index is 13.2. The highest BCUT2D eigenvalue weighted by molar-refractivity contribution is 7.18. The minimum Gasteiger partial charge on any atom is -0.381 e. The smallest absolute Gasteiger partial charge is 0.381 e. The van der Waals surface area contributed by atoms with Crippen molar-refractivity contribution in [2.75, 3.05) is 56.7 Å². The first-order valence-electron chi connectivity index (χ1n) is 15.8. The molecule has 4 aromatic rings. The molecule has 3 aliphatic rings. The fourth-order valence-corrected chi connectivity index (χ4v) is 8.67. The topological polar surface area (TPSA) is 82.2 Å². The van der Waals surface area contributed by atoms with E-state index in [4.69, 9.17) is 9.72 Å². The number of nitrogens with zero attached hydrogens (tertiary/aromatic N) is 6. The molecule has 1 spiro atoms. The Morgan fingerprint density at radius 3 is 2.67 bits per heavy atom. The summed E-state index contributed by atoms with van der Waals surface area (Å²) in [4.78, 5) is 14.8. The van der Waals surface area contributed by atoms with Gasteiger partial charge >= 0.3 is 6.18 Å². The predicted molar refractivity (Wildman–Crippen MR) is 171 cm³/mol. The number of anilines is 2. The third kappa shape index (κ3) is 5.98. The molecule has 6 heterocycles. The zero-order valence-corrected chi connectivity index (χ0v) is 26.5. The van der Waals surface area contributed by atoms with E-state index in [0.29, 0.717) is 22.1 Å². The number of fused-ring (bicyclic) bond motifs is 2. The molecule has 1 N–H and O–H groups in total. The summed E-state index contributed by atoms with van der Waals surface area (Å²) in [6.07, 6.45) is -1.07. The lowest BCUT2D eigenvalue weighted by Crippen LogP contribution is -2.31. The van der Waals surface area contributed by atoms with E-state index in [-0.39, 0.29) is 10.3 Å². The second-order valence-electron chi connectivity index (χ2n) is 13.1. The lowest BCUT2D eigenvalue weighted by atomic mass is 9.86. The van der Waals surface area contributed by atoms with E-state index in [9.17, 15) is 18.4 Å². The summed E-state index contributed by atoms with van der Waals surface area (Å²) in [5.74, 6) is 1.68. The van der Waals surface area contributed by atoms with E-state index in [1.165, 1.54) is 11.1 Å². The molecule has 12 heteroatoms. The van der Waals surface area contributed by atoms with E-state index in [0.717, 1.165) is 112 Å². The molecule has 0 amide bonds. The first kappa shape index (κ1) is 30.3. The number of hydrogen-bond donors (Lipinski definition) is 1. The Hall–Kier alpha value is -3.40. The van der Waals surface area contributed by atoms with Crippen LogP contribution in [0.4, 0.5) is 24.9 Å². The van der Waals surface area contributed by atoms with Crippen LogP contribution >= 0.6 is 11.3 Å². The van der Waals surface area contributed by atoms with E-state index < -0.39 is 12.6 Å². The van der Waals surface area contributed by atoms with Crippen LogP contribution in [0, 0.1) is 29.6 Å². The summed E-state index contributed by atoms with van der Waals surface area (Å²) in [5, 5.41) is 14.8. The van der Waals surface area contributed by atoms with Gasteiger partial charge in [0.1, 0.15) is 22.4 Å². The minimum atomic E-state index is -4.26. The van der Waals surface area contributed by atoms with Gasteiger partial charge in [-0.3, -0.25) is 4.90 Å². The molecule has 1 aromatic carbocycles. The molecular formula is C33H38F3N7OS. The van der Waals surface area contributed by atoms with Crippen molar-refractivity contribution < 1.29 is 17.9 Å². The summed E-state index contributed by atoms with van der Waals surface area (Å²) < 4.78 is 47.2. The number of thiophene rings is 1. The van der Waals surface area contributed by atoms with E-state index >= 15 is 0 Å². The molecule has 45 heavy (non-hydrogen) atoms. The Kier molecular flexibility index (Phi) is 7.90. The molecule has 7 rings (SSSR count). The van der Waals surface area contributed by atoms with Crippen molar-refractivity contribution in [2.24, 2.45) is 11.3 Å². The van der Waals surface area contributed by atoms with Gasteiger partial charge in [-0.1, -0.05) is 6.07 Å². The fourth-order valence-electron chi connectivity index (χ4n) is 7.62. The molecule has 0 radical (unpaired) electrons. The normalized spacial score (nSPS) is 21.5. The zero-order valence-electron chi connectivity index (χ0n) is 25.7. The van der Waals surface area contributed by atoms with Gasteiger partial charge in [0.15, 0.2) is 0 Å². The summed E-state index contributed by atoms with van der Waals surface area (Å²) in [6.45, 7) is 9.06. The molecule has 3 saturated heterocycles. The van der Waals surface area contributed by atoms with E-state index in [2.05, 4.69) is 55.9 Å². The van der Waals surface area contributed by atoms with E-state index in [1.54, 1.807) is 13.1 Å². The molecule has 3 fully saturated rings. The lowest BCUT2D eigenvalue weighted by molar-refractivity contribution is -0.126. The summed E-state index contributed by atoms with van der Waals surface area (Å²) in [7, 11) is 1.73. The van der Waals surface area contributed by atoms with Gasteiger partial charge < -0.3 is 19.5 Å². The number of hydrogen-bond acceptors (Lipinski definition) is 8. The minimum absolute atomic E-state index is 0.112. The van der Waals surface area contributed by atoms with Crippen LogP contribution in [-0.2, 0) is 24.2 Å². The van der Waals surface area contributed by atoms with Crippen LogP contribution in [0.25, 0.3) is 21.1 Å². The number of alkyl halides is 3. The first-order valence-corrected chi connectivity index (χ1v) is 16.6. The quantitative estimate of drug-likeness (QED) is 0.248. The van der Waals surface area contributed by atoms with Crippen molar-refractivity contribution in [1.29, 1.82) is 5.26 Å². The van der Waals surface area contributed by atoms with Crippen LogP contribution in [0.15, 0.2) is 24.3 Å². The average molecular weight is 638 g/mol.